The van der Waals surface area contributed by atoms with Gasteiger partial charge >= 0.3 is 0 Å². The first-order chi connectivity index (χ1) is 7.74. The number of thiazole rings is 1. The van der Waals surface area contributed by atoms with E-state index in [1.165, 1.54) is 4.88 Å². The van der Waals surface area contributed by atoms with Crippen molar-refractivity contribution in [3.05, 3.63) is 16.1 Å². The standard InChI is InChI=1S/C11H15N3OS/c1-3-5-13-11(15)4-6-12-7-10-9(2)14-8-16-10/h1,8,12H,4-7H2,2H3,(H,13,15). The van der Waals surface area contributed by atoms with Crippen LogP contribution < -0.4 is 10.6 Å². The Morgan fingerprint density at radius 3 is 3.12 bits per heavy atom. The highest BCUT2D eigenvalue weighted by Gasteiger charge is 2.02. The molecule has 86 valence electrons. The Kier molecular flexibility index (Phi) is 5.54. The van der Waals surface area contributed by atoms with Crippen LogP contribution in [0.3, 0.4) is 0 Å². The smallest absolute Gasteiger partial charge is 0.222 e. The Balaban J connectivity index is 2.11. The van der Waals surface area contributed by atoms with Crippen molar-refractivity contribution >= 4 is 17.2 Å². The number of aryl methyl sites for hydroxylation is 1. The number of amides is 1. The number of nitrogens with zero attached hydrogens (tertiary/aromatic N) is 1. The monoisotopic (exact) mass is 237 g/mol. The van der Waals surface area contributed by atoms with E-state index >= 15 is 0 Å². The van der Waals surface area contributed by atoms with Gasteiger partial charge in [0, 0.05) is 24.4 Å². The number of nitrogens with one attached hydrogen (secondary N) is 2. The number of terminal acetylenes is 1. The lowest BCUT2D eigenvalue weighted by molar-refractivity contribution is -0.120. The molecular formula is C11H15N3OS. The first kappa shape index (κ1) is 12.7. The summed E-state index contributed by atoms with van der Waals surface area (Å²) in [7, 11) is 0. The second-order valence-corrected chi connectivity index (χ2v) is 4.21. The summed E-state index contributed by atoms with van der Waals surface area (Å²) in [4.78, 5) is 16.5. The van der Waals surface area contributed by atoms with Crippen molar-refractivity contribution in [3.8, 4) is 12.3 Å². The number of rotatable bonds is 6. The van der Waals surface area contributed by atoms with Gasteiger partial charge in [0.15, 0.2) is 0 Å². The summed E-state index contributed by atoms with van der Waals surface area (Å²) in [6.07, 6.45) is 5.47. The van der Waals surface area contributed by atoms with Gasteiger partial charge in [0.2, 0.25) is 5.91 Å². The van der Waals surface area contributed by atoms with Gasteiger partial charge in [-0.25, -0.2) is 4.98 Å². The molecule has 0 aromatic carbocycles. The van der Waals surface area contributed by atoms with Gasteiger partial charge in [-0.3, -0.25) is 4.79 Å². The predicted molar refractivity (Wildman–Crippen MR) is 65.0 cm³/mol. The van der Waals surface area contributed by atoms with Crippen LogP contribution in [0.5, 0.6) is 0 Å². The fourth-order valence-electron chi connectivity index (χ4n) is 1.14. The molecule has 0 saturated carbocycles. The maximum absolute atomic E-state index is 11.2. The third-order valence-electron chi connectivity index (χ3n) is 2.05. The molecule has 0 fully saturated rings. The molecule has 1 aromatic rings. The molecule has 16 heavy (non-hydrogen) atoms. The van der Waals surface area contributed by atoms with E-state index in [0.29, 0.717) is 19.5 Å². The van der Waals surface area contributed by atoms with Crippen LogP contribution in [0, 0.1) is 19.3 Å². The molecule has 0 atom stereocenters. The van der Waals surface area contributed by atoms with Gasteiger partial charge in [0.05, 0.1) is 17.7 Å². The van der Waals surface area contributed by atoms with Crippen molar-refractivity contribution in [3.63, 3.8) is 0 Å². The van der Waals surface area contributed by atoms with Gasteiger partial charge in [-0.1, -0.05) is 5.92 Å². The van der Waals surface area contributed by atoms with Crippen LogP contribution in [0.25, 0.3) is 0 Å². The van der Waals surface area contributed by atoms with Gasteiger partial charge < -0.3 is 10.6 Å². The third-order valence-corrected chi connectivity index (χ3v) is 2.98. The van der Waals surface area contributed by atoms with E-state index in [2.05, 4.69) is 21.5 Å². The van der Waals surface area contributed by atoms with E-state index in [1.807, 2.05) is 12.4 Å². The highest BCUT2D eigenvalue weighted by molar-refractivity contribution is 7.09. The van der Waals surface area contributed by atoms with Crippen molar-refractivity contribution in [2.75, 3.05) is 13.1 Å². The molecule has 1 rings (SSSR count). The highest BCUT2D eigenvalue weighted by Crippen LogP contribution is 2.10. The zero-order chi connectivity index (χ0) is 11.8. The van der Waals surface area contributed by atoms with Crippen LogP contribution in [0.4, 0.5) is 0 Å². The molecule has 0 aliphatic rings. The predicted octanol–water partition coefficient (Wildman–Crippen LogP) is 0.681. The minimum Gasteiger partial charge on any atom is -0.345 e. The molecule has 1 amide bonds. The van der Waals surface area contributed by atoms with Crippen molar-refractivity contribution in [1.82, 2.24) is 15.6 Å². The fraction of sp³-hybridized carbons (Fsp3) is 0.455. The van der Waals surface area contributed by atoms with Crippen LogP contribution >= 0.6 is 11.3 Å². The largest absolute Gasteiger partial charge is 0.345 e. The van der Waals surface area contributed by atoms with Gasteiger partial charge in [-0.15, -0.1) is 17.8 Å². The van der Waals surface area contributed by atoms with Crippen molar-refractivity contribution in [2.45, 2.75) is 19.9 Å². The Hall–Kier alpha value is -1.38. The summed E-state index contributed by atoms with van der Waals surface area (Å²) in [5, 5.41) is 5.81. The average molecular weight is 237 g/mol. The summed E-state index contributed by atoms with van der Waals surface area (Å²) in [5.74, 6) is 2.34. The zero-order valence-corrected chi connectivity index (χ0v) is 10.1. The van der Waals surface area contributed by atoms with Gasteiger partial charge in [-0.2, -0.15) is 0 Å². The molecule has 1 heterocycles. The summed E-state index contributed by atoms with van der Waals surface area (Å²) in [6, 6.07) is 0. The molecule has 0 radical (unpaired) electrons. The van der Waals surface area contributed by atoms with Gasteiger partial charge in [-0.05, 0) is 6.92 Å². The second kappa shape index (κ2) is 6.99. The lowest BCUT2D eigenvalue weighted by atomic mass is 10.3. The minimum atomic E-state index is -0.0218. The van der Waals surface area contributed by atoms with Crippen LogP contribution in [0.2, 0.25) is 0 Å². The Bertz CT molecular complexity index is 381. The first-order valence-corrected chi connectivity index (χ1v) is 5.92. The molecule has 0 unspecified atom stereocenters. The topological polar surface area (TPSA) is 54.0 Å². The van der Waals surface area contributed by atoms with Crippen molar-refractivity contribution in [2.24, 2.45) is 0 Å². The van der Waals surface area contributed by atoms with Crippen LogP contribution in [0.1, 0.15) is 17.0 Å². The lowest BCUT2D eigenvalue weighted by Crippen LogP contribution is -2.27. The summed E-state index contributed by atoms with van der Waals surface area (Å²) >= 11 is 1.62. The molecule has 0 bridgehead atoms. The van der Waals surface area contributed by atoms with E-state index in [0.717, 1.165) is 12.2 Å². The first-order valence-electron chi connectivity index (χ1n) is 5.04. The van der Waals surface area contributed by atoms with E-state index < -0.39 is 0 Å². The van der Waals surface area contributed by atoms with Crippen LogP contribution in [-0.2, 0) is 11.3 Å². The summed E-state index contributed by atoms with van der Waals surface area (Å²) in [6.45, 7) is 3.69. The van der Waals surface area contributed by atoms with Crippen LogP contribution in [-0.4, -0.2) is 24.0 Å². The maximum atomic E-state index is 11.2. The number of carbonyl (C=O) groups excluding carboxylic acids is 1. The minimum absolute atomic E-state index is 0.0218. The number of hydrogen-bond donors (Lipinski definition) is 2. The SMILES string of the molecule is C#CCNC(=O)CCNCc1scnc1C. The molecule has 5 heteroatoms. The molecular weight excluding hydrogens is 222 g/mol. The third kappa shape index (κ3) is 4.43. The fourth-order valence-corrected chi connectivity index (χ4v) is 1.88. The van der Waals surface area contributed by atoms with Crippen molar-refractivity contribution in [1.29, 1.82) is 0 Å². The van der Waals surface area contributed by atoms with E-state index in [1.54, 1.807) is 11.3 Å². The Morgan fingerprint density at radius 2 is 2.50 bits per heavy atom. The summed E-state index contributed by atoms with van der Waals surface area (Å²) < 4.78 is 0. The van der Waals surface area contributed by atoms with Gasteiger partial charge in [0.1, 0.15) is 0 Å². The van der Waals surface area contributed by atoms with Gasteiger partial charge in [0.25, 0.3) is 0 Å². The number of carbonyl (C=O) groups is 1. The molecule has 4 nitrogen and oxygen atoms in total. The zero-order valence-electron chi connectivity index (χ0n) is 9.25. The quantitative estimate of drug-likeness (QED) is 0.565. The lowest BCUT2D eigenvalue weighted by Gasteiger charge is -2.03. The second-order valence-electron chi connectivity index (χ2n) is 3.27. The normalized spacial score (nSPS) is 9.75. The van der Waals surface area contributed by atoms with Crippen LogP contribution in [0.15, 0.2) is 5.51 Å². The molecule has 1 aromatic heterocycles. The molecule has 0 saturated heterocycles. The Labute approximate surface area is 99.5 Å². The molecule has 0 aliphatic heterocycles. The highest BCUT2D eigenvalue weighted by atomic mass is 32.1. The number of aromatic nitrogens is 1. The van der Waals surface area contributed by atoms with E-state index in [9.17, 15) is 4.79 Å². The molecule has 0 spiro atoms. The Morgan fingerprint density at radius 1 is 1.69 bits per heavy atom. The van der Waals surface area contributed by atoms with E-state index in [-0.39, 0.29) is 5.91 Å². The van der Waals surface area contributed by atoms with Crippen molar-refractivity contribution < 1.29 is 4.79 Å². The maximum Gasteiger partial charge on any atom is 0.222 e. The number of hydrogen-bond acceptors (Lipinski definition) is 4. The summed E-state index contributed by atoms with van der Waals surface area (Å²) in [5.41, 5.74) is 2.88. The molecule has 0 aliphatic carbocycles. The van der Waals surface area contributed by atoms with E-state index in [4.69, 9.17) is 6.42 Å². The molecule has 2 N–H and O–H groups in total. The average Bonchev–Trinajstić information content (AvgIpc) is 2.67.